The zero-order valence-electron chi connectivity index (χ0n) is 14.4. The number of rotatable bonds is 5. The number of hydrogen-bond donors (Lipinski definition) is 2. The highest BCUT2D eigenvalue weighted by atomic mass is 16.5. The van der Waals surface area contributed by atoms with Crippen molar-refractivity contribution in [1.29, 1.82) is 0 Å². The van der Waals surface area contributed by atoms with Crippen LogP contribution in [0.15, 0.2) is 18.2 Å². The van der Waals surface area contributed by atoms with Gasteiger partial charge in [-0.3, -0.25) is 4.79 Å². The average molecular weight is 321 g/mol. The van der Waals surface area contributed by atoms with Crippen molar-refractivity contribution >= 4 is 11.6 Å². The first kappa shape index (κ1) is 17.8. The smallest absolute Gasteiger partial charge is 0.253 e. The van der Waals surface area contributed by atoms with Crippen molar-refractivity contribution in [2.24, 2.45) is 0 Å². The summed E-state index contributed by atoms with van der Waals surface area (Å²) < 4.78 is 11.1. The maximum absolute atomic E-state index is 12.2. The van der Waals surface area contributed by atoms with Gasteiger partial charge in [0.25, 0.3) is 5.91 Å². The van der Waals surface area contributed by atoms with Gasteiger partial charge >= 0.3 is 0 Å². The SMILES string of the molecule is CC(OCC1CCCO1)C(=O)Nc1cc(C(C)(C)C)ccc1O. The second-order valence-electron chi connectivity index (χ2n) is 7.08. The monoisotopic (exact) mass is 321 g/mol. The molecule has 0 aliphatic carbocycles. The largest absolute Gasteiger partial charge is 0.506 e. The number of ether oxygens (including phenoxy) is 2. The minimum atomic E-state index is -0.600. The van der Waals surface area contributed by atoms with Gasteiger partial charge in [-0.2, -0.15) is 0 Å². The minimum absolute atomic E-state index is 0.0534. The molecule has 1 aliphatic rings. The molecule has 2 rings (SSSR count). The number of hydrogen-bond acceptors (Lipinski definition) is 4. The molecule has 5 nitrogen and oxygen atoms in total. The van der Waals surface area contributed by atoms with Gasteiger partial charge in [-0.25, -0.2) is 0 Å². The van der Waals surface area contributed by atoms with Crippen molar-refractivity contribution < 1.29 is 19.4 Å². The lowest BCUT2D eigenvalue weighted by Gasteiger charge is -2.21. The zero-order chi connectivity index (χ0) is 17.0. The lowest BCUT2D eigenvalue weighted by atomic mass is 9.87. The third kappa shape index (κ3) is 4.94. The van der Waals surface area contributed by atoms with Gasteiger partial charge in [-0.15, -0.1) is 0 Å². The van der Waals surface area contributed by atoms with E-state index in [9.17, 15) is 9.90 Å². The second kappa shape index (κ2) is 7.32. The van der Waals surface area contributed by atoms with Gasteiger partial charge in [0, 0.05) is 6.61 Å². The molecular weight excluding hydrogens is 294 g/mol. The Morgan fingerprint density at radius 3 is 2.83 bits per heavy atom. The number of amides is 1. The lowest BCUT2D eigenvalue weighted by molar-refractivity contribution is -0.128. The van der Waals surface area contributed by atoms with Crippen LogP contribution in [0.1, 0.15) is 46.1 Å². The van der Waals surface area contributed by atoms with E-state index in [-0.39, 0.29) is 23.2 Å². The van der Waals surface area contributed by atoms with Gasteiger partial charge in [-0.1, -0.05) is 26.8 Å². The molecule has 128 valence electrons. The first-order valence-corrected chi connectivity index (χ1v) is 8.15. The molecular formula is C18H27NO4. The number of anilines is 1. The van der Waals surface area contributed by atoms with Crippen LogP contribution >= 0.6 is 0 Å². The second-order valence-corrected chi connectivity index (χ2v) is 7.08. The summed E-state index contributed by atoms with van der Waals surface area (Å²) in [6.07, 6.45) is 1.50. The summed E-state index contributed by atoms with van der Waals surface area (Å²) in [6.45, 7) is 9.13. The number of carbonyl (C=O) groups excluding carboxylic acids is 1. The molecule has 1 amide bonds. The summed E-state index contributed by atoms with van der Waals surface area (Å²) in [7, 11) is 0. The average Bonchev–Trinajstić information content (AvgIpc) is 2.99. The lowest BCUT2D eigenvalue weighted by Crippen LogP contribution is -2.30. The highest BCUT2D eigenvalue weighted by Gasteiger charge is 2.21. The molecule has 2 atom stereocenters. The van der Waals surface area contributed by atoms with E-state index in [1.54, 1.807) is 19.1 Å². The van der Waals surface area contributed by atoms with Crippen LogP contribution in [0.4, 0.5) is 5.69 Å². The molecule has 0 saturated carbocycles. The molecule has 0 aromatic heterocycles. The highest BCUT2D eigenvalue weighted by Crippen LogP contribution is 2.30. The Hall–Kier alpha value is -1.59. The van der Waals surface area contributed by atoms with E-state index in [2.05, 4.69) is 26.1 Å². The van der Waals surface area contributed by atoms with Crippen LogP contribution in [0.2, 0.25) is 0 Å². The molecule has 5 heteroatoms. The Bertz CT molecular complexity index is 544. The first-order chi connectivity index (χ1) is 10.8. The summed E-state index contributed by atoms with van der Waals surface area (Å²) in [6, 6.07) is 5.27. The minimum Gasteiger partial charge on any atom is -0.506 e. The number of phenols is 1. The third-order valence-electron chi connectivity index (χ3n) is 4.05. The van der Waals surface area contributed by atoms with Crippen LogP contribution in [0, 0.1) is 0 Å². The summed E-state index contributed by atoms with van der Waals surface area (Å²) >= 11 is 0. The molecule has 1 heterocycles. The van der Waals surface area contributed by atoms with Gasteiger partial charge in [0.2, 0.25) is 0 Å². The fourth-order valence-electron chi connectivity index (χ4n) is 2.44. The summed E-state index contributed by atoms with van der Waals surface area (Å²) in [5, 5.41) is 12.7. The maximum atomic E-state index is 12.2. The summed E-state index contributed by atoms with van der Waals surface area (Å²) in [5.74, 6) is -0.220. The zero-order valence-corrected chi connectivity index (χ0v) is 14.4. The van der Waals surface area contributed by atoms with Gasteiger partial charge in [0.1, 0.15) is 11.9 Å². The number of phenolic OH excluding ortho intramolecular Hbond substituents is 1. The molecule has 0 bridgehead atoms. The van der Waals surface area contributed by atoms with E-state index in [1.807, 2.05) is 6.07 Å². The van der Waals surface area contributed by atoms with E-state index in [0.29, 0.717) is 12.3 Å². The molecule has 1 aromatic carbocycles. The van der Waals surface area contributed by atoms with Crippen molar-refractivity contribution in [1.82, 2.24) is 0 Å². The fraction of sp³-hybridized carbons (Fsp3) is 0.611. The molecule has 1 fully saturated rings. The predicted octanol–water partition coefficient (Wildman–Crippen LogP) is 3.21. The van der Waals surface area contributed by atoms with E-state index in [1.165, 1.54) is 0 Å². The first-order valence-electron chi connectivity index (χ1n) is 8.15. The molecule has 1 saturated heterocycles. The standard InChI is InChI=1S/C18H27NO4/c1-12(23-11-14-6-5-9-22-14)17(21)19-15-10-13(18(2,3)4)7-8-16(15)20/h7-8,10,12,14,20H,5-6,9,11H2,1-4H3,(H,19,21). The Kier molecular flexibility index (Phi) is 5.65. The van der Waals surface area contributed by atoms with Crippen LogP contribution in [-0.2, 0) is 19.7 Å². The fourth-order valence-corrected chi connectivity index (χ4v) is 2.44. The van der Waals surface area contributed by atoms with Crippen LogP contribution in [-0.4, -0.2) is 36.4 Å². The third-order valence-corrected chi connectivity index (χ3v) is 4.05. The number of aromatic hydroxyl groups is 1. The van der Waals surface area contributed by atoms with E-state index >= 15 is 0 Å². The number of benzene rings is 1. The van der Waals surface area contributed by atoms with Crippen LogP contribution in [0.5, 0.6) is 5.75 Å². The van der Waals surface area contributed by atoms with Crippen LogP contribution < -0.4 is 5.32 Å². The van der Waals surface area contributed by atoms with Crippen LogP contribution in [0.3, 0.4) is 0 Å². The Morgan fingerprint density at radius 1 is 1.48 bits per heavy atom. The van der Waals surface area contributed by atoms with Crippen LogP contribution in [0.25, 0.3) is 0 Å². The summed E-state index contributed by atoms with van der Waals surface area (Å²) in [4.78, 5) is 12.2. The molecule has 23 heavy (non-hydrogen) atoms. The van der Waals surface area contributed by atoms with Gasteiger partial charge in [0.05, 0.1) is 18.4 Å². The molecule has 0 spiro atoms. The molecule has 1 aliphatic heterocycles. The van der Waals surface area contributed by atoms with Crippen molar-refractivity contribution in [3.63, 3.8) is 0 Å². The number of carbonyl (C=O) groups is 1. The molecule has 2 unspecified atom stereocenters. The molecule has 2 N–H and O–H groups in total. The van der Waals surface area contributed by atoms with E-state index in [0.717, 1.165) is 25.0 Å². The number of nitrogens with one attached hydrogen (secondary N) is 1. The predicted molar refractivity (Wildman–Crippen MR) is 89.8 cm³/mol. The molecule has 0 radical (unpaired) electrons. The summed E-state index contributed by atoms with van der Waals surface area (Å²) in [5.41, 5.74) is 1.39. The normalized spacial score (nSPS) is 19.6. The topological polar surface area (TPSA) is 67.8 Å². The van der Waals surface area contributed by atoms with E-state index < -0.39 is 6.10 Å². The van der Waals surface area contributed by atoms with Crippen molar-refractivity contribution in [2.45, 2.75) is 58.2 Å². The van der Waals surface area contributed by atoms with Gasteiger partial charge in [0.15, 0.2) is 0 Å². The Morgan fingerprint density at radius 2 is 2.22 bits per heavy atom. The van der Waals surface area contributed by atoms with E-state index in [4.69, 9.17) is 9.47 Å². The maximum Gasteiger partial charge on any atom is 0.253 e. The Balaban J connectivity index is 1.95. The van der Waals surface area contributed by atoms with Gasteiger partial charge < -0.3 is 19.9 Å². The van der Waals surface area contributed by atoms with Crippen molar-refractivity contribution in [2.75, 3.05) is 18.5 Å². The van der Waals surface area contributed by atoms with Gasteiger partial charge in [-0.05, 0) is 42.9 Å². The van der Waals surface area contributed by atoms with Crippen molar-refractivity contribution in [3.8, 4) is 5.75 Å². The quantitative estimate of drug-likeness (QED) is 0.817. The molecule has 1 aromatic rings. The van der Waals surface area contributed by atoms with Crippen molar-refractivity contribution in [3.05, 3.63) is 23.8 Å². The highest BCUT2D eigenvalue weighted by molar-refractivity contribution is 5.95. The Labute approximate surface area is 138 Å².